The molecule has 2 aliphatic heterocycles. The highest BCUT2D eigenvalue weighted by Crippen LogP contribution is 2.40. The van der Waals surface area contributed by atoms with Gasteiger partial charge in [-0.15, -0.1) is 0 Å². The van der Waals surface area contributed by atoms with Crippen molar-refractivity contribution in [1.82, 2.24) is 14.8 Å². The van der Waals surface area contributed by atoms with E-state index in [0.717, 1.165) is 26.1 Å². The molecule has 4 rings (SSSR count). The zero-order valence-corrected chi connectivity index (χ0v) is 19.0. The third-order valence-electron chi connectivity index (χ3n) is 6.12. The summed E-state index contributed by atoms with van der Waals surface area (Å²) in [6.07, 6.45) is 3.98. The number of carbonyl (C=O) groups is 2. The molecule has 8 heteroatoms. The molecule has 1 atom stereocenters. The summed E-state index contributed by atoms with van der Waals surface area (Å²) in [6, 6.07) is 7.87. The lowest BCUT2D eigenvalue weighted by atomic mass is 9.96. The maximum Gasteiger partial charge on any atom is 0.295 e. The van der Waals surface area contributed by atoms with Crippen molar-refractivity contribution >= 4 is 17.4 Å². The molecule has 1 aromatic heterocycles. The van der Waals surface area contributed by atoms with Gasteiger partial charge in [-0.25, -0.2) is 0 Å². The van der Waals surface area contributed by atoms with Crippen LogP contribution in [0.25, 0.3) is 5.76 Å². The number of ketones is 1. The number of aliphatic hydroxyl groups excluding tert-OH is 1. The predicted octanol–water partition coefficient (Wildman–Crippen LogP) is 3.01. The summed E-state index contributed by atoms with van der Waals surface area (Å²) < 4.78 is 11.2. The van der Waals surface area contributed by atoms with Crippen LogP contribution in [0.4, 0.5) is 0 Å². The van der Waals surface area contributed by atoms with Crippen LogP contribution in [0.15, 0.2) is 48.3 Å². The van der Waals surface area contributed by atoms with E-state index in [9.17, 15) is 14.7 Å². The zero-order chi connectivity index (χ0) is 23.4. The van der Waals surface area contributed by atoms with Crippen LogP contribution in [0.3, 0.4) is 0 Å². The fraction of sp³-hybridized carbons (Fsp3) is 0.400. The van der Waals surface area contributed by atoms with Crippen LogP contribution in [0.1, 0.15) is 37.4 Å². The lowest BCUT2D eigenvalue weighted by molar-refractivity contribution is -0.140. The Morgan fingerprint density at radius 1 is 1.15 bits per heavy atom. The number of ether oxygens (including phenoxy) is 2. The molecule has 0 saturated carbocycles. The molecule has 0 radical (unpaired) electrons. The summed E-state index contributed by atoms with van der Waals surface area (Å²) in [5.74, 6) is -0.456. The number of carbonyl (C=O) groups excluding carboxylic acids is 2. The summed E-state index contributed by atoms with van der Waals surface area (Å²) in [7, 11) is 0. The molecule has 1 fully saturated rings. The molecule has 1 saturated heterocycles. The van der Waals surface area contributed by atoms with E-state index in [4.69, 9.17) is 9.47 Å². The van der Waals surface area contributed by atoms with Gasteiger partial charge in [-0.05, 0) is 55.9 Å². The first-order chi connectivity index (χ1) is 16.0. The first kappa shape index (κ1) is 22.8. The first-order valence-electron chi connectivity index (χ1n) is 11.4. The SMILES string of the molecule is CCN(CC)CCCN1C(=O)C(=O)C(=C(O)c2ccc3c(c2)OCCO3)[C@H]1c1cccnc1. The molecule has 0 spiro atoms. The van der Waals surface area contributed by atoms with Gasteiger partial charge in [0, 0.05) is 24.5 Å². The van der Waals surface area contributed by atoms with Gasteiger partial charge in [0.1, 0.15) is 19.0 Å². The van der Waals surface area contributed by atoms with E-state index < -0.39 is 17.7 Å². The number of rotatable bonds is 8. The average Bonchev–Trinajstić information content (AvgIpc) is 3.11. The second kappa shape index (κ2) is 10.0. The molecule has 1 aromatic carbocycles. The van der Waals surface area contributed by atoms with Crippen molar-refractivity contribution in [2.45, 2.75) is 26.3 Å². The van der Waals surface area contributed by atoms with Crippen LogP contribution in [-0.2, 0) is 9.59 Å². The van der Waals surface area contributed by atoms with Crippen molar-refractivity contribution in [2.24, 2.45) is 0 Å². The quantitative estimate of drug-likeness (QED) is 0.375. The van der Waals surface area contributed by atoms with Crippen LogP contribution in [0.5, 0.6) is 11.5 Å². The maximum atomic E-state index is 13.1. The fourth-order valence-corrected chi connectivity index (χ4v) is 4.35. The van der Waals surface area contributed by atoms with E-state index in [0.29, 0.717) is 42.4 Å². The largest absolute Gasteiger partial charge is 0.507 e. The topological polar surface area (TPSA) is 92.2 Å². The first-order valence-corrected chi connectivity index (χ1v) is 11.4. The van der Waals surface area contributed by atoms with Crippen LogP contribution in [0.2, 0.25) is 0 Å². The number of nitrogens with zero attached hydrogens (tertiary/aromatic N) is 3. The van der Waals surface area contributed by atoms with Gasteiger partial charge in [0.15, 0.2) is 11.5 Å². The van der Waals surface area contributed by atoms with Gasteiger partial charge in [0.05, 0.1) is 11.6 Å². The molecule has 174 valence electrons. The van der Waals surface area contributed by atoms with Crippen molar-refractivity contribution in [3.63, 3.8) is 0 Å². The minimum Gasteiger partial charge on any atom is -0.507 e. The summed E-state index contributed by atoms with van der Waals surface area (Å²) >= 11 is 0. The van der Waals surface area contributed by atoms with Crippen LogP contribution in [-0.4, -0.2) is 71.0 Å². The van der Waals surface area contributed by atoms with E-state index in [1.165, 1.54) is 0 Å². The fourth-order valence-electron chi connectivity index (χ4n) is 4.35. The van der Waals surface area contributed by atoms with Crippen molar-refractivity contribution in [1.29, 1.82) is 0 Å². The van der Waals surface area contributed by atoms with E-state index in [1.54, 1.807) is 41.6 Å². The van der Waals surface area contributed by atoms with Gasteiger partial charge in [-0.3, -0.25) is 14.6 Å². The summed E-state index contributed by atoms with van der Waals surface area (Å²) in [4.78, 5) is 34.1. The lowest BCUT2D eigenvalue weighted by Gasteiger charge is -2.26. The highest BCUT2D eigenvalue weighted by atomic mass is 16.6. The number of likely N-dealkylation sites (tertiary alicyclic amines) is 1. The number of hydrogen-bond acceptors (Lipinski definition) is 7. The van der Waals surface area contributed by atoms with E-state index >= 15 is 0 Å². The van der Waals surface area contributed by atoms with Gasteiger partial charge in [-0.1, -0.05) is 19.9 Å². The predicted molar refractivity (Wildman–Crippen MR) is 123 cm³/mol. The Kier molecular flexibility index (Phi) is 6.93. The number of pyridine rings is 1. The van der Waals surface area contributed by atoms with Gasteiger partial charge in [0.25, 0.3) is 11.7 Å². The number of aromatic nitrogens is 1. The smallest absolute Gasteiger partial charge is 0.295 e. The van der Waals surface area contributed by atoms with E-state index in [1.807, 2.05) is 6.07 Å². The normalized spacial score (nSPS) is 19.4. The zero-order valence-electron chi connectivity index (χ0n) is 19.0. The Bertz CT molecular complexity index is 1050. The minimum absolute atomic E-state index is 0.0625. The number of Topliss-reactive ketones (excluding diaryl/α,β-unsaturated/α-hetero) is 1. The monoisotopic (exact) mass is 451 g/mol. The second-order valence-electron chi connectivity index (χ2n) is 8.02. The average molecular weight is 452 g/mol. The lowest BCUT2D eigenvalue weighted by Crippen LogP contribution is -2.33. The van der Waals surface area contributed by atoms with Crippen molar-refractivity contribution in [3.8, 4) is 11.5 Å². The Morgan fingerprint density at radius 2 is 1.91 bits per heavy atom. The van der Waals surface area contributed by atoms with Crippen LogP contribution in [0, 0.1) is 0 Å². The summed E-state index contributed by atoms with van der Waals surface area (Å²) in [5, 5.41) is 11.2. The Labute approximate surface area is 193 Å². The number of amides is 1. The maximum absolute atomic E-state index is 13.1. The number of aliphatic hydroxyl groups is 1. The molecule has 3 heterocycles. The highest BCUT2D eigenvalue weighted by molar-refractivity contribution is 6.46. The van der Waals surface area contributed by atoms with Crippen LogP contribution < -0.4 is 9.47 Å². The Balaban J connectivity index is 1.71. The van der Waals surface area contributed by atoms with Crippen molar-refractivity contribution in [3.05, 3.63) is 59.4 Å². The number of benzene rings is 1. The minimum atomic E-state index is -0.705. The van der Waals surface area contributed by atoms with Crippen LogP contribution >= 0.6 is 0 Å². The Morgan fingerprint density at radius 3 is 2.61 bits per heavy atom. The molecule has 2 aromatic rings. The molecule has 1 N–H and O–H groups in total. The molecule has 8 nitrogen and oxygen atoms in total. The van der Waals surface area contributed by atoms with Gasteiger partial charge >= 0.3 is 0 Å². The van der Waals surface area contributed by atoms with E-state index in [-0.39, 0.29) is 11.3 Å². The van der Waals surface area contributed by atoms with E-state index in [2.05, 4.69) is 23.7 Å². The van der Waals surface area contributed by atoms with Gasteiger partial charge in [-0.2, -0.15) is 0 Å². The summed E-state index contributed by atoms with van der Waals surface area (Å²) in [5.41, 5.74) is 1.14. The second-order valence-corrected chi connectivity index (χ2v) is 8.02. The molecule has 2 aliphatic rings. The third-order valence-corrected chi connectivity index (χ3v) is 6.12. The van der Waals surface area contributed by atoms with Gasteiger partial charge in [0.2, 0.25) is 0 Å². The molecule has 1 amide bonds. The highest BCUT2D eigenvalue weighted by Gasteiger charge is 2.46. The van der Waals surface area contributed by atoms with Crippen molar-refractivity contribution < 1.29 is 24.2 Å². The standard InChI is InChI=1S/C25H29N3O5/c1-3-27(4-2)11-6-12-28-22(18-7-5-10-26-16-18)21(24(30)25(28)31)23(29)17-8-9-19-20(15-17)33-14-13-32-19/h5,7-10,15-16,22,29H,3-4,6,11-14H2,1-2H3/t22-/m1/s1. The molecule has 0 unspecified atom stereocenters. The molecule has 33 heavy (non-hydrogen) atoms. The van der Waals surface area contributed by atoms with Gasteiger partial charge < -0.3 is 24.4 Å². The molecule has 0 aliphatic carbocycles. The molecular weight excluding hydrogens is 422 g/mol. The number of fused-ring (bicyclic) bond motifs is 1. The van der Waals surface area contributed by atoms with Crippen molar-refractivity contribution in [2.75, 3.05) is 39.4 Å². The Hall–Kier alpha value is -3.39. The number of hydrogen-bond donors (Lipinski definition) is 1. The third kappa shape index (κ3) is 4.57. The molecular formula is C25H29N3O5. The molecule has 0 bridgehead atoms. The summed E-state index contributed by atoms with van der Waals surface area (Å²) in [6.45, 7) is 8.12.